The highest BCUT2D eigenvalue weighted by Crippen LogP contribution is 2.50. The van der Waals surface area contributed by atoms with E-state index in [1.807, 2.05) is 0 Å². The van der Waals surface area contributed by atoms with E-state index in [0.717, 1.165) is 0 Å². The van der Waals surface area contributed by atoms with Crippen molar-refractivity contribution in [1.82, 2.24) is 0 Å². The highest BCUT2D eigenvalue weighted by atomic mass is 16.6. The molecule has 0 spiro atoms. The Bertz CT molecular complexity index is 994. The number of carbonyl (C=O) groups is 3. The zero-order valence-electron chi connectivity index (χ0n) is 18.7. The molecule has 0 bridgehead atoms. The van der Waals surface area contributed by atoms with Crippen LogP contribution in [-0.2, 0) is 19.1 Å². The molecule has 0 aliphatic carbocycles. The maximum absolute atomic E-state index is 13.8. The van der Waals surface area contributed by atoms with Crippen molar-refractivity contribution in [3.05, 3.63) is 65.7 Å². The number of benzene rings is 2. The highest BCUT2D eigenvalue weighted by Gasteiger charge is 2.65. The van der Waals surface area contributed by atoms with Crippen molar-refractivity contribution < 1.29 is 28.6 Å². The molecule has 0 unspecified atom stereocenters. The van der Waals surface area contributed by atoms with Gasteiger partial charge in [-0.2, -0.15) is 0 Å². The van der Waals surface area contributed by atoms with Crippen molar-refractivity contribution in [2.24, 2.45) is 16.3 Å². The molecule has 0 aromatic heterocycles. The molecule has 2 aromatic carbocycles. The van der Waals surface area contributed by atoms with E-state index in [2.05, 4.69) is 4.99 Å². The lowest BCUT2D eigenvalue weighted by Crippen LogP contribution is -2.53. The standard InChI is InChI=1S/C25H27NO6/c1-5-31-23(28)25(24(29)32-6-2)16(3)26-21(17-12-14-19(30-4)15-13-17)20(25)22(27)18-10-8-7-9-11-18/h7-15,20-21H,5-6H2,1-4H3/t20-,21-/m0/s1. The third-order valence-corrected chi connectivity index (χ3v) is 5.68. The van der Waals surface area contributed by atoms with Gasteiger partial charge in [0.15, 0.2) is 5.78 Å². The van der Waals surface area contributed by atoms with Crippen molar-refractivity contribution >= 4 is 23.4 Å². The summed E-state index contributed by atoms with van der Waals surface area (Å²) >= 11 is 0. The van der Waals surface area contributed by atoms with Gasteiger partial charge in [-0.15, -0.1) is 0 Å². The van der Waals surface area contributed by atoms with Crippen molar-refractivity contribution in [3.8, 4) is 5.75 Å². The number of aliphatic imine (C=N–C) groups is 1. The summed E-state index contributed by atoms with van der Waals surface area (Å²) in [6.07, 6.45) is 0. The van der Waals surface area contributed by atoms with Gasteiger partial charge in [0.25, 0.3) is 0 Å². The molecule has 32 heavy (non-hydrogen) atoms. The summed E-state index contributed by atoms with van der Waals surface area (Å²) in [6, 6.07) is 14.8. The second kappa shape index (κ2) is 9.77. The second-order valence-electron chi connectivity index (χ2n) is 7.39. The quantitative estimate of drug-likeness (QED) is 0.354. The maximum atomic E-state index is 13.8. The molecule has 0 amide bonds. The van der Waals surface area contributed by atoms with E-state index in [1.54, 1.807) is 82.5 Å². The minimum Gasteiger partial charge on any atom is -0.497 e. The van der Waals surface area contributed by atoms with Gasteiger partial charge in [-0.3, -0.25) is 19.4 Å². The van der Waals surface area contributed by atoms with E-state index in [4.69, 9.17) is 14.2 Å². The minimum atomic E-state index is -1.97. The van der Waals surface area contributed by atoms with Gasteiger partial charge in [-0.05, 0) is 38.5 Å². The Labute approximate surface area is 187 Å². The predicted octanol–water partition coefficient (Wildman–Crippen LogP) is 3.82. The van der Waals surface area contributed by atoms with Gasteiger partial charge in [-0.1, -0.05) is 42.5 Å². The summed E-state index contributed by atoms with van der Waals surface area (Å²) in [7, 11) is 1.56. The number of rotatable bonds is 8. The van der Waals surface area contributed by atoms with Crippen LogP contribution in [0.4, 0.5) is 0 Å². The molecule has 0 radical (unpaired) electrons. The van der Waals surface area contributed by atoms with Crippen LogP contribution in [0, 0.1) is 11.3 Å². The summed E-state index contributed by atoms with van der Waals surface area (Å²) in [5.74, 6) is -2.56. The van der Waals surface area contributed by atoms with Crippen molar-refractivity contribution in [3.63, 3.8) is 0 Å². The Morgan fingerprint density at radius 3 is 1.97 bits per heavy atom. The highest BCUT2D eigenvalue weighted by molar-refractivity contribution is 6.26. The Balaban J connectivity index is 2.22. The van der Waals surface area contributed by atoms with Crippen molar-refractivity contribution in [2.75, 3.05) is 20.3 Å². The number of methoxy groups -OCH3 is 1. The van der Waals surface area contributed by atoms with Crippen molar-refractivity contribution in [2.45, 2.75) is 26.8 Å². The lowest BCUT2D eigenvalue weighted by atomic mass is 9.67. The molecule has 0 saturated carbocycles. The third kappa shape index (κ3) is 3.90. The van der Waals surface area contributed by atoms with Crippen LogP contribution in [-0.4, -0.2) is 43.8 Å². The Morgan fingerprint density at radius 2 is 1.47 bits per heavy atom. The number of carbonyl (C=O) groups excluding carboxylic acids is 3. The third-order valence-electron chi connectivity index (χ3n) is 5.68. The Kier molecular flexibility index (Phi) is 7.08. The molecule has 0 fully saturated rings. The molecule has 7 nitrogen and oxygen atoms in total. The van der Waals surface area contributed by atoms with Gasteiger partial charge >= 0.3 is 11.9 Å². The number of hydrogen-bond acceptors (Lipinski definition) is 7. The van der Waals surface area contributed by atoms with Gasteiger partial charge in [-0.25, -0.2) is 0 Å². The SMILES string of the molecule is CCOC(=O)C1(C(=O)OCC)C(C)=N[C@@H](c2ccc(OC)cc2)[C@H]1C(=O)c1ccccc1. The first-order chi connectivity index (χ1) is 15.4. The van der Waals surface area contributed by atoms with Gasteiger partial charge in [0, 0.05) is 11.3 Å². The molecule has 2 aromatic rings. The molecule has 1 aliphatic heterocycles. The van der Waals surface area contributed by atoms with E-state index in [0.29, 0.717) is 16.9 Å². The largest absolute Gasteiger partial charge is 0.497 e. The number of hydrogen-bond donors (Lipinski definition) is 0. The molecule has 0 saturated heterocycles. The summed E-state index contributed by atoms with van der Waals surface area (Å²) in [6.45, 7) is 4.96. The fraction of sp³-hybridized carbons (Fsp3) is 0.360. The number of ketones is 1. The maximum Gasteiger partial charge on any atom is 0.330 e. The summed E-state index contributed by atoms with van der Waals surface area (Å²) in [4.78, 5) is 45.2. The van der Waals surface area contributed by atoms with Crippen LogP contribution in [0.3, 0.4) is 0 Å². The normalized spacial score (nSPS) is 19.1. The predicted molar refractivity (Wildman–Crippen MR) is 119 cm³/mol. The average molecular weight is 437 g/mol. The number of nitrogens with zero attached hydrogens (tertiary/aromatic N) is 1. The van der Waals surface area contributed by atoms with Gasteiger partial charge in [0.05, 0.1) is 32.3 Å². The monoisotopic (exact) mass is 437 g/mol. The summed E-state index contributed by atoms with van der Waals surface area (Å²) in [5, 5.41) is 0. The van der Waals surface area contributed by atoms with Crippen LogP contribution in [0.2, 0.25) is 0 Å². The molecule has 0 N–H and O–H groups in total. The molecule has 7 heteroatoms. The van der Waals surface area contributed by atoms with Crippen LogP contribution in [0.1, 0.15) is 42.7 Å². The summed E-state index contributed by atoms with van der Waals surface area (Å²) < 4.78 is 15.8. The van der Waals surface area contributed by atoms with Crippen LogP contribution >= 0.6 is 0 Å². The topological polar surface area (TPSA) is 91.3 Å². The lowest BCUT2D eigenvalue weighted by molar-refractivity contribution is -0.168. The first-order valence-electron chi connectivity index (χ1n) is 10.5. The van der Waals surface area contributed by atoms with E-state index in [1.165, 1.54) is 0 Å². The lowest BCUT2D eigenvalue weighted by Gasteiger charge is -2.32. The fourth-order valence-electron chi connectivity index (χ4n) is 4.16. The van der Waals surface area contributed by atoms with E-state index in [9.17, 15) is 14.4 Å². The molecule has 1 heterocycles. The van der Waals surface area contributed by atoms with Gasteiger partial charge < -0.3 is 14.2 Å². The van der Waals surface area contributed by atoms with E-state index >= 15 is 0 Å². The Morgan fingerprint density at radius 1 is 0.906 bits per heavy atom. The molecular formula is C25H27NO6. The molecule has 3 rings (SSSR count). The van der Waals surface area contributed by atoms with Crippen molar-refractivity contribution in [1.29, 1.82) is 0 Å². The molecule has 1 aliphatic rings. The van der Waals surface area contributed by atoms with Gasteiger partial charge in [0.1, 0.15) is 5.75 Å². The average Bonchev–Trinajstić information content (AvgIpc) is 3.13. The van der Waals surface area contributed by atoms with Crippen LogP contribution in [0.25, 0.3) is 0 Å². The van der Waals surface area contributed by atoms with Crippen LogP contribution < -0.4 is 4.74 Å². The Hall–Kier alpha value is -3.48. The van der Waals surface area contributed by atoms with Crippen LogP contribution in [0.15, 0.2) is 59.6 Å². The fourth-order valence-corrected chi connectivity index (χ4v) is 4.16. The van der Waals surface area contributed by atoms with Crippen LogP contribution in [0.5, 0.6) is 5.75 Å². The second-order valence-corrected chi connectivity index (χ2v) is 7.39. The first kappa shape index (κ1) is 23.2. The summed E-state index contributed by atoms with van der Waals surface area (Å²) in [5.41, 5.74) is -0.720. The first-order valence-corrected chi connectivity index (χ1v) is 10.5. The van der Waals surface area contributed by atoms with E-state index in [-0.39, 0.29) is 24.7 Å². The smallest absolute Gasteiger partial charge is 0.330 e. The van der Waals surface area contributed by atoms with Gasteiger partial charge in [0.2, 0.25) is 5.41 Å². The number of esters is 2. The zero-order chi connectivity index (χ0) is 23.3. The molecule has 168 valence electrons. The number of ether oxygens (including phenoxy) is 3. The molecule has 2 atom stereocenters. The molecular weight excluding hydrogens is 410 g/mol. The minimum absolute atomic E-state index is 0.0483. The number of Topliss-reactive ketones (excluding diaryl/α,β-unsaturated/α-hetero) is 1. The zero-order valence-corrected chi connectivity index (χ0v) is 18.7. The van der Waals surface area contributed by atoms with E-state index < -0.39 is 29.3 Å².